The summed E-state index contributed by atoms with van der Waals surface area (Å²) in [6, 6.07) is -1.16. The van der Waals surface area contributed by atoms with E-state index in [1.165, 1.54) is 6.92 Å². The monoisotopic (exact) mass is 183 g/mol. The number of carboxylic acids is 1. The Morgan fingerprint density at radius 3 is 2.00 bits per heavy atom. The molecule has 0 aliphatic heterocycles. The predicted molar refractivity (Wildman–Crippen MR) is 27.3 cm³/mol. The van der Waals surface area contributed by atoms with E-state index >= 15 is 0 Å². The van der Waals surface area contributed by atoms with Crippen LogP contribution in [-0.2, 0) is 24.3 Å². The standard InChI is InChI=1S/C4H9NO3.Zn/c1-2(6)3(5)4(7)8;/h2-3,6H,5H2,1H3,(H,7,8);/t2-,3+;/m1./s1. The fourth-order valence-corrected chi connectivity index (χ4v) is 0.206. The van der Waals surface area contributed by atoms with Gasteiger partial charge >= 0.3 is 5.97 Å². The number of hydrogen-bond donors (Lipinski definition) is 3. The predicted octanol–water partition coefficient (Wildman–Crippen LogP) is -1.22. The van der Waals surface area contributed by atoms with Crippen LogP contribution >= 0.6 is 0 Å². The minimum Gasteiger partial charge on any atom is -0.480 e. The Morgan fingerprint density at radius 2 is 2.00 bits per heavy atom. The third-order valence-corrected chi connectivity index (χ3v) is 0.805. The Labute approximate surface area is 65.8 Å². The second kappa shape index (κ2) is 4.85. The van der Waals surface area contributed by atoms with Gasteiger partial charge in [-0.3, -0.25) is 4.79 Å². The molecule has 4 N–H and O–H groups in total. The summed E-state index contributed by atoms with van der Waals surface area (Å²) in [6.07, 6.45) is -0.979. The van der Waals surface area contributed by atoms with Crippen molar-refractivity contribution in [2.24, 2.45) is 5.73 Å². The average molecular weight is 185 g/mol. The molecule has 50 valence electrons. The molecule has 0 rings (SSSR count). The van der Waals surface area contributed by atoms with E-state index in [9.17, 15) is 4.79 Å². The first-order valence-electron chi connectivity index (χ1n) is 2.22. The number of rotatable bonds is 2. The van der Waals surface area contributed by atoms with Crippen molar-refractivity contribution in [2.45, 2.75) is 19.1 Å². The van der Waals surface area contributed by atoms with Crippen molar-refractivity contribution >= 4 is 5.97 Å². The molecule has 2 atom stereocenters. The Morgan fingerprint density at radius 1 is 1.67 bits per heavy atom. The minimum atomic E-state index is -1.18. The molecule has 0 unspecified atom stereocenters. The maximum atomic E-state index is 9.86. The Bertz CT molecular complexity index is 95.8. The number of carboxylic acid groups (broad SMARTS) is 1. The van der Waals surface area contributed by atoms with Crippen molar-refractivity contribution in [1.29, 1.82) is 0 Å². The molecule has 0 saturated heterocycles. The van der Waals surface area contributed by atoms with E-state index in [-0.39, 0.29) is 19.5 Å². The quantitative estimate of drug-likeness (QED) is 0.470. The number of hydrogen-bond acceptors (Lipinski definition) is 3. The van der Waals surface area contributed by atoms with E-state index in [1.54, 1.807) is 0 Å². The molecule has 0 heterocycles. The summed E-state index contributed by atoms with van der Waals surface area (Å²) < 4.78 is 0. The Kier molecular flexibility index (Phi) is 6.34. The van der Waals surface area contributed by atoms with E-state index in [2.05, 4.69) is 0 Å². The van der Waals surface area contributed by atoms with E-state index in [1.807, 2.05) is 0 Å². The molecule has 0 aromatic heterocycles. The maximum Gasteiger partial charge on any atom is 0.323 e. The number of aliphatic hydroxyl groups excluding tert-OH is 1. The number of aliphatic carboxylic acids is 1. The molecule has 5 heteroatoms. The fourth-order valence-electron chi connectivity index (χ4n) is 0.206. The first kappa shape index (κ1) is 11.8. The summed E-state index contributed by atoms with van der Waals surface area (Å²) in [5.74, 6) is -1.18. The van der Waals surface area contributed by atoms with Crippen molar-refractivity contribution in [1.82, 2.24) is 0 Å². The summed E-state index contributed by atoms with van der Waals surface area (Å²) in [5.41, 5.74) is 4.91. The van der Waals surface area contributed by atoms with E-state index in [0.717, 1.165) is 0 Å². The molecule has 0 aliphatic rings. The second-order valence-corrected chi connectivity index (χ2v) is 1.60. The van der Waals surface area contributed by atoms with Crippen LogP contribution in [0.4, 0.5) is 0 Å². The SMILES string of the molecule is C[C@@H](O)[C@H](N)C(=O)O.[Zn]. The van der Waals surface area contributed by atoms with Gasteiger partial charge in [0.15, 0.2) is 0 Å². The number of carbonyl (C=O) groups is 1. The molecular formula is C4H9NO3Zn. The largest absolute Gasteiger partial charge is 0.480 e. The van der Waals surface area contributed by atoms with Crippen molar-refractivity contribution in [2.75, 3.05) is 0 Å². The van der Waals surface area contributed by atoms with Crippen molar-refractivity contribution in [3.63, 3.8) is 0 Å². The van der Waals surface area contributed by atoms with E-state index in [0.29, 0.717) is 0 Å². The summed E-state index contributed by atoms with van der Waals surface area (Å²) >= 11 is 0. The molecule has 0 amide bonds. The maximum absolute atomic E-state index is 9.86. The Balaban J connectivity index is 0. The van der Waals surface area contributed by atoms with Crippen LogP contribution in [0.3, 0.4) is 0 Å². The molecule has 0 aliphatic carbocycles. The molecule has 0 aromatic carbocycles. The fraction of sp³-hybridized carbons (Fsp3) is 0.750. The van der Waals surface area contributed by atoms with Gasteiger partial charge in [-0.05, 0) is 6.92 Å². The van der Waals surface area contributed by atoms with Crippen LogP contribution in [0.25, 0.3) is 0 Å². The van der Waals surface area contributed by atoms with Crippen molar-refractivity contribution < 1.29 is 34.5 Å². The third-order valence-electron chi connectivity index (χ3n) is 0.805. The first-order chi connectivity index (χ1) is 3.55. The van der Waals surface area contributed by atoms with Crippen molar-refractivity contribution in [3.8, 4) is 0 Å². The normalized spacial score (nSPS) is 15.4. The summed E-state index contributed by atoms with van der Waals surface area (Å²) in [7, 11) is 0. The average Bonchev–Trinajstić information content (AvgIpc) is 1.64. The smallest absolute Gasteiger partial charge is 0.323 e. The van der Waals surface area contributed by atoms with Gasteiger partial charge in [0.1, 0.15) is 6.04 Å². The van der Waals surface area contributed by atoms with Gasteiger partial charge in [-0.2, -0.15) is 0 Å². The van der Waals surface area contributed by atoms with E-state index in [4.69, 9.17) is 15.9 Å². The first-order valence-corrected chi connectivity index (χ1v) is 2.22. The van der Waals surface area contributed by atoms with Crippen molar-refractivity contribution in [3.05, 3.63) is 0 Å². The van der Waals surface area contributed by atoms with Crippen LogP contribution in [-0.4, -0.2) is 28.3 Å². The summed E-state index contributed by atoms with van der Waals surface area (Å²) in [6.45, 7) is 1.33. The molecule has 0 radical (unpaired) electrons. The molecular weight excluding hydrogens is 175 g/mol. The second-order valence-electron chi connectivity index (χ2n) is 1.60. The summed E-state index contributed by atoms with van der Waals surface area (Å²) in [4.78, 5) is 9.86. The molecule has 0 spiro atoms. The van der Waals surface area contributed by atoms with Gasteiger partial charge in [-0.15, -0.1) is 0 Å². The van der Waals surface area contributed by atoms with E-state index < -0.39 is 18.1 Å². The van der Waals surface area contributed by atoms with Crippen LogP contribution in [0, 0.1) is 0 Å². The van der Waals surface area contributed by atoms with Gasteiger partial charge in [0.2, 0.25) is 0 Å². The van der Waals surface area contributed by atoms with Gasteiger partial charge < -0.3 is 15.9 Å². The zero-order valence-corrected chi connectivity index (χ0v) is 8.21. The van der Waals surface area contributed by atoms with Gasteiger partial charge in [0.25, 0.3) is 0 Å². The molecule has 0 saturated carbocycles. The molecule has 0 aromatic rings. The summed E-state index contributed by atoms with van der Waals surface area (Å²) in [5, 5.41) is 16.6. The van der Waals surface area contributed by atoms with Crippen LogP contribution < -0.4 is 5.73 Å². The zero-order chi connectivity index (χ0) is 6.73. The van der Waals surface area contributed by atoms with Crippen LogP contribution in [0.5, 0.6) is 0 Å². The van der Waals surface area contributed by atoms with Crippen LogP contribution in [0.1, 0.15) is 6.92 Å². The topological polar surface area (TPSA) is 83.5 Å². The van der Waals surface area contributed by atoms with Gasteiger partial charge in [0, 0.05) is 19.5 Å². The molecule has 9 heavy (non-hydrogen) atoms. The molecule has 4 nitrogen and oxygen atoms in total. The third kappa shape index (κ3) is 4.51. The van der Waals surface area contributed by atoms with Gasteiger partial charge in [-0.25, -0.2) is 0 Å². The van der Waals surface area contributed by atoms with Gasteiger partial charge in [0.05, 0.1) is 6.10 Å². The molecule has 0 fully saturated rings. The zero-order valence-electron chi connectivity index (χ0n) is 5.24. The molecule has 0 bridgehead atoms. The minimum absolute atomic E-state index is 0. The Hall–Kier alpha value is 0.0134. The van der Waals surface area contributed by atoms with Crippen LogP contribution in [0.15, 0.2) is 0 Å². The van der Waals surface area contributed by atoms with Crippen LogP contribution in [0.2, 0.25) is 0 Å². The number of aliphatic hydroxyl groups is 1. The van der Waals surface area contributed by atoms with Gasteiger partial charge in [-0.1, -0.05) is 0 Å². The number of nitrogens with two attached hydrogens (primary N) is 1.